The second-order valence-corrected chi connectivity index (χ2v) is 4.12. The van der Waals surface area contributed by atoms with Gasteiger partial charge in [0.05, 0.1) is 13.2 Å². The van der Waals surface area contributed by atoms with Crippen LogP contribution in [0.2, 0.25) is 0 Å². The van der Waals surface area contributed by atoms with Gasteiger partial charge < -0.3 is 9.64 Å². The van der Waals surface area contributed by atoms with Crippen LogP contribution >= 0.6 is 15.9 Å². The van der Waals surface area contributed by atoms with Crippen molar-refractivity contribution in [3.05, 3.63) is 28.2 Å². The number of ether oxygens (including phenoxy) is 1. The molecule has 2 rings (SSSR count). The highest BCUT2D eigenvalue weighted by molar-refractivity contribution is 9.10. The van der Waals surface area contributed by atoms with Crippen LogP contribution in [0.4, 0.5) is 4.39 Å². The maximum Gasteiger partial charge on any atom is 0.272 e. The van der Waals surface area contributed by atoms with E-state index in [9.17, 15) is 9.18 Å². The lowest BCUT2D eigenvalue weighted by molar-refractivity contribution is 0.0299. The molecule has 4 nitrogen and oxygen atoms in total. The predicted octanol–water partition coefficient (Wildman–Crippen LogP) is 1.46. The van der Waals surface area contributed by atoms with Crippen molar-refractivity contribution in [3.8, 4) is 0 Å². The van der Waals surface area contributed by atoms with E-state index in [0.29, 0.717) is 26.3 Å². The van der Waals surface area contributed by atoms with E-state index in [1.807, 2.05) is 0 Å². The number of pyridine rings is 1. The Bertz CT molecular complexity index is 408. The summed E-state index contributed by atoms with van der Waals surface area (Å²) in [6, 6.07) is 2.61. The lowest BCUT2D eigenvalue weighted by Gasteiger charge is -2.26. The molecular formula is C10H10BrFN2O2. The number of rotatable bonds is 1. The van der Waals surface area contributed by atoms with E-state index >= 15 is 0 Å². The first kappa shape index (κ1) is 11.5. The van der Waals surface area contributed by atoms with Gasteiger partial charge in [-0.1, -0.05) is 0 Å². The average Bonchev–Trinajstić information content (AvgIpc) is 2.33. The summed E-state index contributed by atoms with van der Waals surface area (Å²) >= 11 is 2.96. The number of carbonyl (C=O) groups excluding carboxylic acids is 1. The fourth-order valence-corrected chi connectivity index (χ4v) is 1.79. The van der Waals surface area contributed by atoms with Crippen LogP contribution in [0.5, 0.6) is 0 Å². The molecule has 86 valence electrons. The molecule has 1 aromatic heterocycles. The van der Waals surface area contributed by atoms with Crippen molar-refractivity contribution in [1.29, 1.82) is 0 Å². The van der Waals surface area contributed by atoms with Crippen molar-refractivity contribution in [2.75, 3.05) is 26.3 Å². The molecule has 2 heterocycles. The van der Waals surface area contributed by atoms with Gasteiger partial charge in [0, 0.05) is 13.1 Å². The smallest absolute Gasteiger partial charge is 0.272 e. The Morgan fingerprint density at radius 1 is 1.44 bits per heavy atom. The highest BCUT2D eigenvalue weighted by Crippen LogP contribution is 2.14. The van der Waals surface area contributed by atoms with Gasteiger partial charge in [0.1, 0.15) is 10.3 Å². The molecule has 0 atom stereocenters. The van der Waals surface area contributed by atoms with Gasteiger partial charge in [-0.3, -0.25) is 4.79 Å². The first-order valence-corrected chi connectivity index (χ1v) is 5.67. The molecule has 0 bridgehead atoms. The standard InChI is InChI=1S/C10H10BrFN2O2/c11-9-7(12)1-2-8(13-9)10(15)14-3-5-16-6-4-14/h1-2H,3-6H2. The minimum Gasteiger partial charge on any atom is -0.378 e. The number of morpholine rings is 1. The van der Waals surface area contributed by atoms with Gasteiger partial charge in [0.15, 0.2) is 5.82 Å². The number of halogens is 2. The van der Waals surface area contributed by atoms with Gasteiger partial charge in [-0.25, -0.2) is 9.37 Å². The second kappa shape index (κ2) is 4.88. The lowest BCUT2D eigenvalue weighted by Crippen LogP contribution is -2.41. The minimum absolute atomic E-state index is 0.0617. The highest BCUT2D eigenvalue weighted by Gasteiger charge is 2.20. The molecule has 6 heteroatoms. The Morgan fingerprint density at radius 2 is 2.12 bits per heavy atom. The molecule has 1 fully saturated rings. The Morgan fingerprint density at radius 3 is 2.75 bits per heavy atom. The largest absolute Gasteiger partial charge is 0.378 e. The quantitative estimate of drug-likeness (QED) is 0.735. The Labute approximate surface area is 101 Å². The van der Waals surface area contributed by atoms with E-state index in [2.05, 4.69) is 20.9 Å². The molecular weight excluding hydrogens is 279 g/mol. The first-order chi connectivity index (χ1) is 7.68. The fraction of sp³-hybridized carbons (Fsp3) is 0.400. The van der Waals surface area contributed by atoms with Crippen molar-refractivity contribution >= 4 is 21.8 Å². The molecule has 0 radical (unpaired) electrons. The maximum atomic E-state index is 13.0. The van der Waals surface area contributed by atoms with Crippen molar-refractivity contribution in [3.63, 3.8) is 0 Å². The number of amides is 1. The van der Waals surface area contributed by atoms with Crippen LogP contribution in [0.25, 0.3) is 0 Å². The number of aromatic nitrogens is 1. The molecule has 0 unspecified atom stereocenters. The van der Waals surface area contributed by atoms with E-state index in [0.717, 1.165) is 0 Å². The molecule has 0 aromatic carbocycles. The molecule has 0 aliphatic carbocycles. The lowest BCUT2D eigenvalue weighted by atomic mass is 10.3. The van der Waals surface area contributed by atoms with Crippen LogP contribution in [0.15, 0.2) is 16.7 Å². The molecule has 1 saturated heterocycles. The van der Waals surface area contributed by atoms with Gasteiger partial charge in [-0.2, -0.15) is 0 Å². The Hall–Kier alpha value is -1.01. The third-order valence-electron chi connectivity index (χ3n) is 2.32. The van der Waals surface area contributed by atoms with Crippen molar-refractivity contribution in [2.45, 2.75) is 0 Å². The third-order valence-corrected chi connectivity index (χ3v) is 2.88. The van der Waals surface area contributed by atoms with Gasteiger partial charge in [-0.15, -0.1) is 0 Å². The summed E-state index contributed by atoms with van der Waals surface area (Å²) in [6.45, 7) is 2.17. The van der Waals surface area contributed by atoms with Crippen molar-refractivity contribution in [1.82, 2.24) is 9.88 Å². The number of hydrogen-bond donors (Lipinski definition) is 0. The zero-order valence-corrected chi connectivity index (χ0v) is 10.0. The summed E-state index contributed by atoms with van der Waals surface area (Å²) in [5, 5.41) is 0. The molecule has 1 amide bonds. The summed E-state index contributed by atoms with van der Waals surface area (Å²) in [4.78, 5) is 17.4. The average molecular weight is 289 g/mol. The van der Waals surface area contributed by atoms with Crippen molar-refractivity contribution < 1.29 is 13.9 Å². The molecule has 1 aliphatic heterocycles. The molecule has 0 spiro atoms. The summed E-state index contributed by atoms with van der Waals surface area (Å²) in [5.41, 5.74) is 0.246. The molecule has 1 aliphatic rings. The summed E-state index contributed by atoms with van der Waals surface area (Å²) in [6.07, 6.45) is 0. The van der Waals surface area contributed by atoms with E-state index in [1.165, 1.54) is 12.1 Å². The monoisotopic (exact) mass is 288 g/mol. The molecule has 0 saturated carbocycles. The van der Waals surface area contributed by atoms with Crippen LogP contribution in [0.3, 0.4) is 0 Å². The van der Waals surface area contributed by atoms with Crippen LogP contribution in [0.1, 0.15) is 10.5 Å². The summed E-state index contributed by atoms with van der Waals surface area (Å²) in [7, 11) is 0. The third kappa shape index (κ3) is 2.38. The van der Waals surface area contributed by atoms with Gasteiger partial charge in [-0.05, 0) is 28.1 Å². The van der Waals surface area contributed by atoms with Gasteiger partial charge in [0.25, 0.3) is 5.91 Å². The first-order valence-electron chi connectivity index (χ1n) is 4.87. The van der Waals surface area contributed by atoms with E-state index in [-0.39, 0.29) is 16.2 Å². The maximum absolute atomic E-state index is 13.0. The van der Waals surface area contributed by atoms with E-state index < -0.39 is 5.82 Å². The highest BCUT2D eigenvalue weighted by atomic mass is 79.9. The number of nitrogens with zero attached hydrogens (tertiary/aromatic N) is 2. The summed E-state index contributed by atoms with van der Waals surface area (Å²) in [5.74, 6) is -0.664. The van der Waals surface area contributed by atoms with E-state index in [1.54, 1.807) is 4.90 Å². The topological polar surface area (TPSA) is 42.4 Å². The number of carbonyl (C=O) groups is 1. The van der Waals surface area contributed by atoms with Crippen molar-refractivity contribution in [2.24, 2.45) is 0 Å². The zero-order chi connectivity index (χ0) is 11.5. The minimum atomic E-state index is -0.474. The predicted molar refractivity (Wildman–Crippen MR) is 58.6 cm³/mol. The molecule has 16 heavy (non-hydrogen) atoms. The Balaban J connectivity index is 2.16. The Kier molecular flexibility index (Phi) is 3.50. The van der Waals surface area contributed by atoms with E-state index in [4.69, 9.17) is 4.74 Å². The van der Waals surface area contributed by atoms with Crippen LogP contribution in [-0.2, 0) is 4.74 Å². The van der Waals surface area contributed by atoms with Crippen LogP contribution < -0.4 is 0 Å². The molecule has 1 aromatic rings. The van der Waals surface area contributed by atoms with Crippen LogP contribution in [-0.4, -0.2) is 42.1 Å². The summed E-state index contributed by atoms with van der Waals surface area (Å²) < 4.78 is 18.2. The number of hydrogen-bond acceptors (Lipinski definition) is 3. The van der Waals surface area contributed by atoms with Gasteiger partial charge >= 0.3 is 0 Å². The van der Waals surface area contributed by atoms with Gasteiger partial charge in [0.2, 0.25) is 0 Å². The zero-order valence-electron chi connectivity index (χ0n) is 8.45. The SMILES string of the molecule is O=C(c1ccc(F)c(Br)n1)N1CCOCC1. The normalized spacial score (nSPS) is 16.2. The fourth-order valence-electron chi connectivity index (χ4n) is 1.46. The molecule has 0 N–H and O–H groups in total. The second-order valence-electron chi connectivity index (χ2n) is 3.37. The van der Waals surface area contributed by atoms with Crippen LogP contribution in [0, 0.1) is 5.82 Å².